The summed E-state index contributed by atoms with van der Waals surface area (Å²) in [5, 5.41) is 6.32. The number of carbonyl (C=O) groups excluding carboxylic acids is 1. The number of ether oxygens (including phenoxy) is 1. The van der Waals surface area contributed by atoms with Crippen molar-refractivity contribution in [2.75, 3.05) is 24.2 Å². The third kappa shape index (κ3) is 5.46. The molecule has 7 nitrogen and oxygen atoms in total. The molecular formula is C27H25N5O2S3. The Morgan fingerprint density at radius 3 is 2.92 bits per heavy atom. The minimum Gasteiger partial charge on any atom is -0.453 e. The van der Waals surface area contributed by atoms with E-state index in [-0.39, 0.29) is 11.9 Å². The summed E-state index contributed by atoms with van der Waals surface area (Å²) in [6, 6.07) is 16.0. The predicted octanol–water partition coefficient (Wildman–Crippen LogP) is 6.39. The zero-order chi connectivity index (χ0) is 25.2. The van der Waals surface area contributed by atoms with Crippen LogP contribution in [0.15, 0.2) is 81.1 Å². The maximum atomic E-state index is 11.7. The largest absolute Gasteiger partial charge is 0.453 e. The van der Waals surface area contributed by atoms with Crippen LogP contribution in [0.5, 0.6) is 11.5 Å². The van der Waals surface area contributed by atoms with E-state index in [1.165, 1.54) is 4.70 Å². The van der Waals surface area contributed by atoms with Gasteiger partial charge >= 0.3 is 0 Å². The molecule has 10 heteroatoms. The molecule has 1 amide bonds. The second kappa shape index (κ2) is 10.7. The van der Waals surface area contributed by atoms with Gasteiger partial charge in [0.2, 0.25) is 5.91 Å². The van der Waals surface area contributed by atoms with Gasteiger partial charge in [-0.15, -0.1) is 11.3 Å². The van der Waals surface area contributed by atoms with Crippen LogP contribution in [-0.4, -0.2) is 50.8 Å². The van der Waals surface area contributed by atoms with Crippen LogP contribution in [-0.2, 0) is 4.79 Å². The number of nitrogens with one attached hydrogen (secondary N) is 1. The van der Waals surface area contributed by atoms with E-state index in [1.54, 1.807) is 41.8 Å². The third-order valence-electron chi connectivity index (χ3n) is 6.45. The number of amidine groups is 1. The van der Waals surface area contributed by atoms with Crippen LogP contribution in [0.2, 0.25) is 0 Å². The number of fused-ring (bicyclic) bond motifs is 1. The van der Waals surface area contributed by atoms with Crippen molar-refractivity contribution in [3.05, 3.63) is 66.3 Å². The predicted molar refractivity (Wildman–Crippen MR) is 152 cm³/mol. The Bertz CT molecular complexity index is 1460. The van der Waals surface area contributed by atoms with E-state index in [9.17, 15) is 4.79 Å². The van der Waals surface area contributed by atoms with Crippen molar-refractivity contribution in [1.82, 2.24) is 14.9 Å². The van der Waals surface area contributed by atoms with Gasteiger partial charge in [0, 0.05) is 59.9 Å². The lowest BCUT2D eigenvalue weighted by Gasteiger charge is -2.16. The molecule has 0 saturated carbocycles. The van der Waals surface area contributed by atoms with Crippen LogP contribution in [0.4, 0.5) is 5.82 Å². The minimum absolute atomic E-state index is 0.145. The lowest BCUT2D eigenvalue weighted by Crippen LogP contribution is -2.28. The van der Waals surface area contributed by atoms with E-state index in [1.807, 2.05) is 65.8 Å². The molecule has 0 aliphatic carbocycles. The SMILES string of the molecule is CC(=O)N1CCC(C2CSC(Nc3ncc(Sc4ccnc5ccsc45)cc3Oc3ccccc3)=N2)C1. The van der Waals surface area contributed by atoms with Gasteiger partial charge in [-0.1, -0.05) is 41.7 Å². The highest BCUT2D eigenvalue weighted by Gasteiger charge is 2.33. The first-order chi connectivity index (χ1) is 18.1. The smallest absolute Gasteiger partial charge is 0.219 e. The molecule has 1 N–H and O–H groups in total. The summed E-state index contributed by atoms with van der Waals surface area (Å²) in [6.07, 6.45) is 4.71. The number of para-hydroxylation sites is 1. The highest BCUT2D eigenvalue weighted by atomic mass is 32.2. The molecule has 3 aromatic heterocycles. The van der Waals surface area contributed by atoms with Gasteiger partial charge in [-0.05, 0) is 36.1 Å². The first-order valence-corrected chi connectivity index (χ1v) is 14.8. The van der Waals surface area contributed by atoms with Crippen molar-refractivity contribution in [1.29, 1.82) is 0 Å². The van der Waals surface area contributed by atoms with Gasteiger partial charge in [-0.2, -0.15) is 0 Å². The number of thiophene rings is 1. The second-order valence-corrected chi connectivity index (χ2v) is 12.0. The highest BCUT2D eigenvalue weighted by Crippen LogP contribution is 2.39. The monoisotopic (exact) mass is 547 g/mol. The summed E-state index contributed by atoms with van der Waals surface area (Å²) in [7, 11) is 0. The van der Waals surface area contributed by atoms with Gasteiger partial charge in [0.15, 0.2) is 16.7 Å². The summed E-state index contributed by atoms with van der Waals surface area (Å²) in [6.45, 7) is 3.25. The Balaban J connectivity index is 1.24. The number of thioether (sulfide) groups is 1. The number of amides is 1. The number of pyridine rings is 2. The van der Waals surface area contributed by atoms with E-state index in [2.05, 4.69) is 15.7 Å². The fourth-order valence-electron chi connectivity index (χ4n) is 4.51. The van der Waals surface area contributed by atoms with Crippen molar-refractivity contribution in [3.8, 4) is 11.5 Å². The number of benzene rings is 1. The minimum atomic E-state index is 0.145. The van der Waals surface area contributed by atoms with Crippen LogP contribution in [0.3, 0.4) is 0 Å². The number of hydrogen-bond donors (Lipinski definition) is 1. The first kappa shape index (κ1) is 24.3. The van der Waals surface area contributed by atoms with Crippen molar-refractivity contribution >= 4 is 62.0 Å². The lowest BCUT2D eigenvalue weighted by molar-refractivity contribution is -0.127. The Labute approximate surface area is 227 Å². The molecule has 1 aromatic carbocycles. The summed E-state index contributed by atoms with van der Waals surface area (Å²) >= 11 is 5.03. The number of aromatic nitrogens is 2. The summed E-state index contributed by atoms with van der Waals surface area (Å²) in [5.74, 6) is 3.47. The summed E-state index contributed by atoms with van der Waals surface area (Å²) < 4.78 is 7.45. The van der Waals surface area contributed by atoms with Crippen LogP contribution in [0.25, 0.3) is 10.2 Å². The Hall–Kier alpha value is -3.08. The Morgan fingerprint density at radius 1 is 1.19 bits per heavy atom. The number of hydrogen-bond acceptors (Lipinski definition) is 9. The van der Waals surface area contributed by atoms with E-state index in [4.69, 9.17) is 14.7 Å². The quantitative estimate of drug-likeness (QED) is 0.300. The molecule has 0 bridgehead atoms. The molecule has 5 heterocycles. The van der Waals surface area contributed by atoms with Gasteiger partial charge in [0.25, 0.3) is 0 Å². The molecule has 1 saturated heterocycles. The van der Waals surface area contributed by atoms with Gasteiger partial charge in [-0.3, -0.25) is 14.8 Å². The zero-order valence-corrected chi connectivity index (χ0v) is 22.6. The number of nitrogens with zero attached hydrogens (tertiary/aromatic N) is 4. The third-order valence-corrected chi connectivity index (χ3v) is 9.52. The average Bonchev–Trinajstić information content (AvgIpc) is 3.67. The normalized spacial score (nSPS) is 19.3. The number of likely N-dealkylation sites (tertiary alicyclic amines) is 1. The molecule has 2 unspecified atom stereocenters. The molecule has 188 valence electrons. The molecule has 0 spiro atoms. The molecular weight excluding hydrogens is 523 g/mol. The number of aliphatic imine (C=N–C) groups is 1. The van der Waals surface area contributed by atoms with Gasteiger partial charge in [0.05, 0.1) is 16.3 Å². The second-order valence-electron chi connectivity index (χ2n) is 8.93. The van der Waals surface area contributed by atoms with Crippen LogP contribution >= 0.6 is 34.9 Å². The summed E-state index contributed by atoms with van der Waals surface area (Å²) in [4.78, 5) is 29.9. The fraction of sp³-hybridized carbons (Fsp3) is 0.259. The van der Waals surface area contributed by atoms with Crippen molar-refractivity contribution in [2.24, 2.45) is 10.9 Å². The van der Waals surface area contributed by atoms with Crippen molar-refractivity contribution in [3.63, 3.8) is 0 Å². The van der Waals surface area contributed by atoms with E-state index >= 15 is 0 Å². The molecule has 6 rings (SSSR count). The molecule has 37 heavy (non-hydrogen) atoms. The van der Waals surface area contributed by atoms with E-state index in [0.29, 0.717) is 17.5 Å². The highest BCUT2D eigenvalue weighted by molar-refractivity contribution is 8.14. The number of anilines is 1. The van der Waals surface area contributed by atoms with Gasteiger partial charge in [-0.25, -0.2) is 4.98 Å². The maximum absolute atomic E-state index is 11.7. The molecule has 4 aromatic rings. The number of rotatable bonds is 6. The molecule has 2 atom stereocenters. The van der Waals surface area contributed by atoms with Crippen molar-refractivity contribution in [2.45, 2.75) is 29.2 Å². The molecule has 2 aliphatic rings. The molecule has 0 radical (unpaired) electrons. The van der Waals surface area contributed by atoms with Crippen LogP contribution in [0.1, 0.15) is 13.3 Å². The van der Waals surface area contributed by atoms with Gasteiger partial charge in [0.1, 0.15) is 5.75 Å². The van der Waals surface area contributed by atoms with Crippen LogP contribution < -0.4 is 10.1 Å². The first-order valence-electron chi connectivity index (χ1n) is 12.1. The molecule has 2 aliphatic heterocycles. The molecule has 1 fully saturated rings. The lowest BCUT2D eigenvalue weighted by atomic mass is 10.0. The van der Waals surface area contributed by atoms with Gasteiger partial charge < -0.3 is 15.0 Å². The maximum Gasteiger partial charge on any atom is 0.219 e. The topological polar surface area (TPSA) is 79.7 Å². The van der Waals surface area contributed by atoms with Crippen LogP contribution in [0, 0.1) is 5.92 Å². The van der Waals surface area contributed by atoms with E-state index < -0.39 is 0 Å². The average molecular weight is 548 g/mol. The Kier molecular flexibility index (Phi) is 7.04. The standard InChI is InChI=1S/C27H25N5O2S3/c1-17(33)32-11-8-18(15-32)22-16-36-27(30-22)31-26-23(34-19-5-3-2-4-6-19)13-20(14-29-26)37-24-7-10-28-21-9-12-35-25(21)24/h2-7,9-10,12-14,18,22H,8,11,15-16H2,1H3,(H,29,30,31). The number of carbonyl (C=O) groups is 1. The Morgan fingerprint density at radius 2 is 2.08 bits per heavy atom. The zero-order valence-electron chi connectivity index (χ0n) is 20.2. The van der Waals surface area contributed by atoms with E-state index in [0.717, 1.165) is 51.5 Å². The fourth-order valence-corrected chi connectivity index (χ4v) is 7.45. The summed E-state index contributed by atoms with van der Waals surface area (Å²) in [5.41, 5.74) is 1.00. The van der Waals surface area contributed by atoms with Crippen molar-refractivity contribution < 1.29 is 9.53 Å².